The van der Waals surface area contributed by atoms with Crippen molar-refractivity contribution in [1.82, 2.24) is 0 Å². The monoisotopic (exact) mass is 97.1 g/mol. The van der Waals surface area contributed by atoms with Gasteiger partial charge in [0, 0.05) is 0 Å². The zero-order valence-corrected chi connectivity index (χ0v) is 5.20. The maximum Gasteiger partial charge on any atom is -0.0802 e. The van der Waals surface area contributed by atoms with Crippen LogP contribution >= 0.6 is 0 Å². The third-order valence-corrected chi connectivity index (χ3v) is 2.05. The lowest BCUT2D eigenvalue weighted by atomic mass is 10.0. The van der Waals surface area contributed by atoms with E-state index in [2.05, 4.69) is 13.8 Å². The van der Waals surface area contributed by atoms with Crippen LogP contribution in [0.15, 0.2) is 0 Å². The first-order valence-electron chi connectivity index (χ1n) is 3.13. The van der Waals surface area contributed by atoms with Crippen molar-refractivity contribution in [3.8, 4) is 0 Å². The molecule has 0 heteroatoms. The molecule has 0 bridgehead atoms. The maximum absolute atomic E-state index is 2.32. The van der Waals surface area contributed by atoms with E-state index in [1.165, 1.54) is 19.3 Å². The minimum atomic E-state index is 0.931. The SMILES string of the molecule is C[C-]1CCCC1C. The van der Waals surface area contributed by atoms with Crippen molar-refractivity contribution >= 4 is 0 Å². The van der Waals surface area contributed by atoms with Crippen molar-refractivity contribution in [3.05, 3.63) is 5.92 Å². The summed E-state index contributed by atoms with van der Waals surface area (Å²) in [6, 6.07) is 0. The van der Waals surface area contributed by atoms with Gasteiger partial charge in [0.25, 0.3) is 0 Å². The molecule has 0 aromatic heterocycles. The summed E-state index contributed by atoms with van der Waals surface area (Å²) >= 11 is 0. The third-order valence-electron chi connectivity index (χ3n) is 2.05. The van der Waals surface area contributed by atoms with E-state index in [9.17, 15) is 0 Å². The van der Waals surface area contributed by atoms with E-state index in [0.29, 0.717) is 0 Å². The Morgan fingerprint density at radius 3 is 2.43 bits per heavy atom. The van der Waals surface area contributed by atoms with Crippen molar-refractivity contribution in [3.63, 3.8) is 0 Å². The molecule has 0 aromatic rings. The van der Waals surface area contributed by atoms with Gasteiger partial charge in [0.05, 0.1) is 0 Å². The van der Waals surface area contributed by atoms with Gasteiger partial charge < -0.3 is 5.92 Å². The first-order chi connectivity index (χ1) is 3.30. The van der Waals surface area contributed by atoms with Gasteiger partial charge in [-0.2, -0.15) is 19.3 Å². The fourth-order valence-corrected chi connectivity index (χ4v) is 1.18. The van der Waals surface area contributed by atoms with Crippen molar-refractivity contribution in [2.75, 3.05) is 0 Å². The lowest BCUT2D eigenvalue weighted by molar-refractivity contribution is 0.645. The largest absolute Gasteiger partial charge is 0.314 e. The predicted molar refractivity (Wildman–Crippen MR) is 31.9 cm³/mol. The lowest BCUT2D eigenvalue weighted by Gasteiger charge is -2.21. The molecule has 1 aliphatic rings. The standard InChI is InChI=1S/C7H13/c1-6-4-3-5-7(6)2/h6H,3-5H2,1-2H3/q-1. The molecule has 1 atom stereocenters. The van der Waals surface area contributed by atoms with Gasteiger partial charge in [0.15, 0.2) is 0 Å². The topological polar surface area (TPSA) is 0 Å². The Labute approximate surface area is 45.9 Å². The van der Waals surface area contributed by atoms with Crippen LogP contribution in [0.4, 0.5) is 0 Å². The summed E-state index contributed by atoms with van der Waals surface area (Å²) in [4.78, 5) is 0. The van der Waals surface area contributed by atoms with Crippen LogP contribution in [0.3, 0.4) is 0 Å². The fraction of sp³-hybridized carbons (Fsp3) is 0.857. The summed E-state index contributed by atoms with van der Waals surface area (Å²) < 4.78 is 0. The molecule has 1 fully saturated rings. The van der Waals surface area contributed by atoms with Crippen LogP contribution in [0.25, 0.3) is 0 Å². The molecule has 0 aromatic carbocycles. The van der Waals surface area contributed by atoms with Gasteiger partial charge >= 0.3 is 0 Å². The molecular weight excluding hydrogens is 84.1 g/mol. The van der Waals surface area contributed by atoms with Gasteiger partial charge in [-0.3, -0.25) is 0 Å². The Bertz CT molecular complexity index is 49.1. The summed E-state index contributed by atoms with van der Waals surface area (Å²) in [6.07, 6.45) is 4.26. The van der Waals surface area contributed by atoms with Crippen molar-refractivity contribution < 1.29 is 0 Å². The van der Waals surface area contributed by atoms with E-state index < -0.39 is 0 Å². The van der Waals surface area contributed by atoms with Gasteiger partial charge in [-0.15, -0.1) is 0 Å². The second-order valence-corrected chi connectivity index (χ2v) is 2.64. The molecule has 1 rings (SSSR count). The number of hydrogen-bond acceptors (Lipinski definition) is 0. The van der Waals surface area contributed by atoms with E-state index in [-0.39, 0.29) is 0 Å². The third kappa shape index (κ3) is 0.960. The summed E-state index contributed by atoms with van der Waals surface area (Å²) in [6.45, 7) is 4.60. The van der Waals surface area contributed by atoms with Gasteiger partial charge in [-0.25, -0.2) is 0 Å². The average molecular weight is 97.2 g/mol. The highest BCUT2D eigenvalue weighted by molar-refractivity contribution is 4.94. The molecule has 0 radical (unpaired) electrons. The molecule has 0 saturated heterocycles. The molecule has 0 nitrogen and oxygen atoms in total. The summed E-state index contributed by atoms with van der Waals surface area (Å²) in [5.41, 5.74) is 0. The van der Waals surface area contributed by atoms with Gasteiger partial charge in [-0.1, -0.05) is 19.8 Å². The van der Waals surface area contributed by atoms with Crippen molar-refractivity contribution in [2.24, 2.45) is 5.92 Å². The molecule has 1 unspecified atom stereocenters. The fourth-order valence-electron chi connectivity index (χ4n) is 1.18. The smallest absolute Gasteiger partial charge is 0.0802 e. The molecule has 1 saturated carbocycles. The maximum atomic E-state index is 2.32. The summed E-state index contributed by atoms with van der Waals surface area (Å²) in [5.74, 6) is 2.64. The summed E-state index contributed by atoms with van der Waals surface area (Å²) in [5, 5.41) is 0. The first-order valence-corrected chi connectivity index (χ1v) is 3.13. The van der Waals surface area contributed by atoms with E-state index in [1.807, 2.05) is 0 Å². The van der Waals surface area contributed by atoms with Crippen molar-refractivity contribution in [2.45, 2.75) is 33.1 Å². The Morgan fingerprint density at radius 2 is 2.29 bits per heavy atom. The molecule has 0 spiro atoms. The van der Waals surface area contributed by atoms with Crippen LogP contribution in [-0.4, -0.2) is 0 Å². The quantitative estimate of drug-likeness (QED) is 0.407. The highest BCUT2D eigenvalue weighted by Crippen LogP contribution is 2.31. The van der Waals surface area contributed by atoms with Crippen LogP contribution in [0.1, 0.15) is 33.1 Å². The van der Waals surface area contributed by atoms with Crippen molar-refractivity contribution in [1.29, 1.82) is 0 Å². The Balaban J connectivity index is 2.33. The second kappa shape index (κ2) is 1.85. The van der Waals surface area contributed by atoms with E-state index in [0.717, 1.165) is 5.92 Å². The molecule has 42 valence electrons. The van der Waals surface area contributed by atoms with E-state index >= 15 is 0 Å². The Hall–Kier alpha value is 0. The highest BCUT2D eigenvalue weighted by atomic mass is 14.2. The Kier molecular flexibility index (Phi) is 1.36. The van der Waals surface area contributed by atoms with Crippen LogP contribution < -0.4 is 0 Å². The second-order valence-electron chi connectivity index (χ2n) is 2.64. The van der Waals surface area contributed by atoms with Gasteiger partial charge in [0.1, 0.15) is 0 Å². The minimum absolute atomic E-state index is 0.931. The molecule has 0 amide bonds. The molecule has 0 heterocycles. The van der Waals surface area contributed by atoms with Gasteiger partial charge in [-0.05, 0) is 0 Å². The zero-order chi connectivity index (χ0) is 5.28. The molecule has 0 aliphatic heterocycles. The van der Waals surface area contributed by atoms with Crippen LogP contribution in [0, 0.1) is 11.8 Å². The molecular formula is C7H13-. The molecule has 7 heavy (non-hydrogen) atoms. The summed E-state index contributed by atoms with van der Waals surface area (Å²) in [7, 11) is 0. The normalized spacial score (nSPS) is 34.3. The number of rotatable bonds is 0. The predicted octanol–water partition coefficient (Wildman–Crippen LogP) is 2.40. The van der Waals surface area contributed by atoms with E-state index in [4.69, 9.17) is 0 Å². The van der Waals surface area contributed by atoms with Crippen LogP contribution in [0.5, 0.6) is 0 Å². The molecule has 0 N–H and O–H groups in total. The van der Waals surface area contributed by atoms with Crippen LogP contribution in [-0.2, 0) is 0 Å². The van der Waals surface area contributed by atoms with Crippen LogP contribution in [0.2, 0.25) is 0 Å². The lowest BCUT2D eigenvalue weighted by Crippen LogP contribution is -1.93. The Morgan fingerprint density at radius 1 is 1.57 bits per heavy atom. The minimum Gasteiger partial charge on any atom is -0.314 e. The zero-order valence-electron chi connectivity index (χ0n) is 5.20. The first kappa shape index (κ1) is 5.14. The highest BCUT2D eigenvalue weighted by Gasteiger charge is 2.04. The van der Waals surface area contributed by atoms with Gasteiger partial charge in [0.2, 0.25) is 0 Å². The number of hydrogen-bond donors (Lipinski definition) is 0. The molecule has 1 aliphatic carbocycles. The average Bonchev–Trinajstić information content (AvgIpc) is 1.91. The van der Waals surface area contributed by atoms with E-state index in [1.54, 1.807) is 5.92 Å².